The van der Waals surface area contributed by atoms with Crippen LogP contribution in [-0.4, -0.2) is 18.6 Å². The monoisotopic (exact) mass is 253 g/mol. The molecule has 92 valence electrons. The van der Waals surface area contributed by atoms with Crippen molar-refractivity contribution in [3.63, 3.8) is 0 Å². The van der Waals surface area contributed by atoms with Crippen molar-refractivity contribution in [1.29, 1.82) is 0 Å². The highest BCUT2D eigenvalue weighted by atomic mass is 35.5. The van der Waals surface area contributed by atoms with Crippen molar-refractivity contribution < 1.29 is 9.53 Å². The molecule has 1 aromatic rings. The number of hydrogen-bond donors (Lipinski definition) is 1. The molecule has 0 amide bonds. The Morgan fingerprint density at radius 1 is 1.47 bits per heavy atom. The molecular formula is C13H16ClNO2. The van der Waals surface area contributed by atoms with E-state index in [9.17, 15) is 4.79 Å². The molecule has 0 radical (unpaired) electrons. The first-order chi connectivity index (χ1) is 8.16. The standard InChI is InChI=1S/C13H16ClNO2/c1-9-12(6-7-15-9)13(16)17-8-10-2-4-11(14)5-3-10/h2-5,9,12,15H,6-8H2,1H3. The van der Waals surface area contributed by atoms with Gasteiger partial charge < -0.3 is 10.1 Å². The zero-order valence-corrected chi connectivity index (χ0v) is 10.5. The summed E-state index contributed by atoms with van der Waals surface area (Å²) in [5.74, 6) is -0.125. The Morgan fingerprint density at radius 2 is 2.18 bits per heavy atom. The molecule has 1 saturated heterocycles. The SMILES string of the molecule is CC1NCCC1C(=O)OCc1ccc(Cl)cc1. The molecule has 4 heteroatoms. The molecule has 17 heavy (non-hydrogen) atoms. The molecule has 3 nitrogen and oxygen atoms in total. The first-order valence-corrected chi connectivity index (χ1v) is 6.19. The van der Waals surface area contributed by atoms with Crippen LogP contribution >= 0.6 is 11.6 Å². The lowest BCUT2D eigenvalue weighted by atomic mass is 10.0. The second-order valence-electron chi connectivity index (χ2n) is 4.37. The van der Waals surface area contributed by atoms with Gasteiger partial charge in [-0.2, -0.15) is 0 Å². The number of carbonyl (C=O) groups is 1. The van der Waals surface area contributed by atoms with Crippen molar-refractivity contribution in [2.45, 2.75) is 26.0 Å². The van der Waals surface area contributed by atoms with E-state index < -0.39 is 0 Å². The van der Waals surface area contributed by atoms with E-state index in [2.05, 4.69) is 5.32 Å². The van der Waals surface area contributed by atoms with Crippen molar-refractivity contribution >= 4 is 17.6 Å². The van der Waals surface area contributed by atoms with Crippen molar-refractivity contribution in [3.05, 3.63) is 34.9 Å². The zero-order chi connectivity index (χ0) is 12.3. The van der Waals surface area contributed by atoms with Crippen LogP contribution in [0.15, 0.2) is 24.3 Å². The highest BCUT2D eigenvalue weighted by Gasteiger charge is 2.30. The van der Waals surface area contributed by atoms with Gasteiger partial charge >= 0.3 is 5.97 Å². The molecule has 2 unspecified atom stereocenters. The Morgan fingerprint density at radius 3 is 2.76 bits per heavy atom. The van der Waals surface area contributed by atoms with Gasteiger partial charge in [-0.05, 0) is 37.6 Å². The van der Waals surface area contributed by atoms with Gasteiger partial charge in [-0.25, -0.2) is 0 Å². The van der Waals surface area contributed by atoms with Crippen LogP contribution in [0.1, 0.15) is 18.9 Å². The summed E-state index contributed by atoms with van der Waals surface area (Å²) in [6.45, 7) is 3.22. The van der Waals surface area contributed by atoms with E-state index >= 15 is 0 Å². The van der Waals surface area contributed by atoms with Gasteiger partial charge in [0.25, 0.3) is 0 Å². The number of halogens is 1. The fourth-order valence-corrected chi connectivity index (χ4v) is 2.15. The maximum absolute atomic E-state index is 11.8. The van der Waals surface area contributed by atoms with Gasteiger partial charge in [0.1, 0.15) is 6.61 Å². The summed E-state index contributed by atoms with van der Waals surface area (Å²) in [6.07, 6.45) is 0.862. The van der Waals surface area contributed by atoms with Gasteiger partial charge in [-0.3, -0.25) is 4.79 Å². The highest BCUT2D eigenvalue weighted by Crippen LogP contribution is 2.18. The quantitative estimate of drug-likeness (QED) is 0.841. The predicted molar refractivity (Wildman–Crippen MR) is 66.8 cm³/mol. The number of ether oxygens (including phenoxy) is 1. The van der Waals surface area contributed by atoms with E-state index in [4.69, 9.17) is 16.3 Å². The van der Waals surface area contributed by atoms with Crippen molar-refractivity contribution in [3.8, 4) is 0 Å². The molecule has 1 aromatic carbocycles. The Kier molecular flexibility index (Phi) is 4.02. The number of rotatable bonds is 3. The maximum Gasteiger partial charge on any atom is 0.310 e. The number of esters is 1. The Hall–Kier alpha value is -1.06. The molecule has 1 N–H and O–H groups in total. The summed E-state index contributed by atoms with van der Waals surface area (Å²) < 4.78 is 5.30. The molecule has 1 heterocycles. The second-order valence-corrected chi connectivity index (χ2v) is 4.81. The van der Waals surface area contributed by atoms with Crippen LogP contribution in [0.4, 0.5) is 0 Å². The van der Waals surface area contributed by atoms with E-state index in [0.29, 0.717) is 11.6 Å². The topological polar surface area (TPSA) is 38.3 Å². The molecule has 0 saturated carbocycles. The van der Waals surface area contributed by atoms with Crippen molar-refractivity contribution in [1.82, 2.24) is 5.32 Å². The summed E-state index contributed by atoms with van der Waals surface area (Å²) in [5.41, 5.74) is 0.960. The van der Waals surface area contributed by atoms with Crippen molar-refractivity contribution in [2.24, 2.45) is 5.92 Å². The lowest BCUT2D eigenvalue weighted by molar-refractivity contribution is -0.150. The number of nitrogens with one attached hydrogen (secondary N) is 1. The van der Waals surface area contributed by atoms with E-state index in [1.807, 2.05) is 19.1 Å². The van der Waals surface area contributed by atoms with E-state index in [0.717, 1.165) is 18.5 Å². The predicted octanol–water partition coefficient (Wildman–Crippen LogP) is 2.38. The maximum atomic E-state index is 11.8. The molecule has 1 fully saturated rings. The van der Waals surface area contributed by atoms with Gasteiger partial charge in [0.05, 0.1) is 5.92 Å². The molecule has 0 aromatic heterocycles. The van der Waals surface area contributed by atoms with Crippen LogP contribution in [0.3, 0.4) is 0 Å². The molecule has 0 aliphatic carbocycles. The van der Waals surface area contributed by atoms with Gasteiger partial charge in [0.2, 0.25) is 0 Å². The molecule has 2 rings (SSSR count). The molecule has 0 bridgehead atoms. The van der Waals surface area contributed by atoms with Gasteiger partial charge in [0, 0.05) is 11.1 Å². The third kappa shape index (κ3) is 3.20. The smallest absolute Gasteiger partial charge is 0.310 e. The number of carbonyl (C=O) groups excluding carboxylic acids is 1. The largest absolute Gasteiger partial charge is 0.461 e. The van der Waals surface area contributed by atoms with Crippen LogP contribution in [0.2, 0.25) is 5.02 Å². The summed E-state index contributed by atoms with van der Waals surface area (Å²) in [4.78, 5) is 11.8. The van der Waals surface area contributed by atoms with Crippen LogP contribution in [0.5, 0.6) is 0 Å². The number of benzene rings is 1. The van der Waals surface area contributed by atoms with E-state index in [-0.39, 0.29) is 17.9 Å². The third-order valence-corrected chi connectivity index (χ3v) is 3.37. The third-order valence-electron chi connectivity index (χ3n) is 3.12. The first-order valence-electron chi connectivity index (χ1n) is 5.81. The average Bonchev–Trinajstić information content (AvgIpc) is 2.74. The molecule has 1 aliphatic rings. The normalized spacial score (nSPS) is 23.6. The van der Waals surface area contributed by atoms with Crippen LogP contribution in [-0.2, 0) is 16.1 Å². The lowest BCUT2D eigenvalue weighted by Gasteiger charge is -2.14. The van der Waals surface area contributed by atoms with Crippen LogP contribution in [0.25, 0.3) is 0 Å². The number of hydrogen-bond acceptors (Lipinski definition) is 3. The molecule has 0 spiro atoms. The van der Waals surface area contributed by atoms with Crippen molar-refractivity contribution in [2.75, 3.05) is 6.54 Å². The average molecular weight is 254 g/mol. The Bertz CT molecular complexity index is 391. The first kappa shape index (κ1) is 12.4. The minimum absolute atomic E-state index is 0.0118. The van der Waals surface area contributed by atoms with Gasteiger partial charge in [-0.15, -0.1) is 0 Å². The molecular weight excluding hydrogens is 238 g/mol. The minimum atomic E-state index is -0.113. The van der Waals surface area contributed by atoms with Crippen LogP contribution in [0, 0.1) is 5.92 Å². The highest BCUT2D eigenvalue weighted by molar-refractivity contribution is 6.30. The summed E-state index contributed by atoms with van der Waals surface area (Å²) >= 11 is 5.78. The summed E-state index contributed by atoms with van der Waals surface area (Å²) in [5, 5.41) is 3.93. The minimum Gasteiger partial charge on any atom is -0.461 e. The Balaban J connectivity index is 1.85. The van der Waals surface area contributed by atoms with E-state index in [1.165, 1.54) is 0 Å². The second kappa shape index (κ2) is 5.52. The van der Waals surface area contributed by atoms with Gasteiger partial charge in [0.15, 0.2) is 0 Å². The van der Waals surface area contributed by atoms with E-state index in [1.54, 1.807) is 12.1 Å². The van der Waals surface area contributed by atoms with Gasteiger partial charge in [-0.1, -0.05) is 23.7 Å². The van der Waals surface area contributed by atoms with Crippen LogP contribution < -0.4 is 5.32 Å². The fraction of sp³-hybridized carbons (Fsp3) is 0.462. The fourth-order valence-electron chi connectivity index (χ4n) is 2.02. The Labute approximate surface area is 106 Å². The summed E-state index contributed by atoms with van der Waals surface area (Å²) in [6, 6.07) is 7.54. The molecule has 1 aliphatic heterocycles. The summed E-state index contributed by atoms with van der Waals surface area (Å²) in [7, 11) is 0. The zero-order valence-electron chi connectivity index (χ0n) is 9.78. The molecule has 2 atom stereocenters. The lowest BCUT2D eigenvalue weighted by Crippen LogP contribution is -2.29.